The first-order chi connectivity index (χ1) is 8.99. The van der Waals surface area contributed by atoms with Crippen molar-refractivity contribution in [1.82, 2.24) is 9.71 Å². The Morgan fingerprint density at radius 1 is 1.30 bits per heavy atom. The average Bonchev–Trinajstić information content (AvgIpc) is 2.59. The second-order valence-corrected chi connectivity index (χ2v) is 10.7. The standard InChI is InChI=1S/C13H21ClN2O2S2/c1-12(2)5-9(6-13(3,4)8-12)16-20(17,18)10-7-15-11(14)19-10/h7,9,16H,5-6,8H2,1-4H3. The van der Waals surface area contributed by atoms with E-state index >= 15 is 0 Å². The molecular formula is C13H21ClN2O2S2. The molecule has 1 aliphatic carbocycles. The highest BCUT2D eigenvalue weighted by Gasteiger charge is 2.40. The Morgan fingerprint density at radius 3 is 2.30 bits per heavy atom. The number of hydrogen-bond acceptors (Lipinski definition) is 4. The lowest BCUT2D eigenvalue weighted by atomic mass is 9.64. The molecule has 114 valence electrons. The van der Waals surface area contributed by atoms with Gasteiger partial charge in [0.15, 0.2) is 8.68 Å². The molecule has 2 rings (SSSR count). The minimum absolute atomic E-state index is 0.0420. The van der Waals surface area contributed by atoms with Gasteiger partial charge in [-0.25, -0.2) is 18.1 Å². The minimum atomic E-state index is -3.52. The molecule has 1 aromatic heterocycles. The second-order valence-electron chi connectivity index (χ2n) is 7.16. The van der Waals surface area contributed by atoms with Crippen molar-refractivity contribution < 1.29 is 8.42 Å². The van der Waals surface area contributed by atoms with E-state index in [1.807, 2.05) is 0 Å². The largest absolute Gasteiger partial charge is 0.251 e. The zero-order chi connectivity index (χ0) is 15.2. The maximum absolute atomic E-state index is 12.3. The van der Waals surface area contributed by atoms with Crippen LogP contribution in [0.1, 0.15) is 47.0 Å². The normalized spacial score (nSPS) is 22.9. The fourth-order valence-corrected chi connectivity index (χ4v) is 6.12. The molecule has 0 aromatic carbocycles. The summed E-state index contributed by atoms with van der Waals surface area (Å²) < 4.78 is 27.9. The van der Waals surface area contributed by atoms with Gasteiger partial charge in [-0.05, 0) is 30.1 Å². The summed E-state index contributed by atoms with van der Waals surface area (Å²) in [4.78, 5) is 3.80. The number of aromatic nitrogens is 1. The van der Waals surface area contributed by atoms with Gasteiger partial charge in [0, 0.05) is 6.04 Å². The third kappa shape index (κ3) is 3.93. The topological polar surface area (TPSA) is 59.1 Å². The molecule has 1 heterocycles. The Balaban J connectivity index is 2.17. The van der Waals surface area contributed by atoms with Crippen LogP contribution in [-0.4, -0.2) is 19.4 Å². The third-order valence-corrected chi connectivity index (χ3v) is 6.69. The van der Waals surface area contributed by atoms with Crippen LogP contribution in [-0.2, 0) is 10.0 Å². The van der Waals surface area contributed by atoms with E-state index in [2.05, 4.69) is 37.4 Å². The number of hydrogen-bond donors (Lipinski definition) is 1. The van der Waals surface area contributed by atoms with Gasteiger partial charge in [-0.15, -0.1) is 0 Å². The number of thiazole rings is 1. The quantitative estimate of drug-likeness (QED) is 0.915. The molecule has 1 N–H and O–H groups in total. The summed E-state index contributed by atoms with van der Waals surface area (Å²) in [5.74, 6) is 0. The van der Waals surface area contributed by atoms with Gasteiger partial charge in [-0.1, -0.05) is 50.6 Å². The van der Waals surface area contributed by atoms with Crippen molar-refractivity contribution >= 4 is 33.0 Å². The Hall–Kier alpha value is -0.170. The summed E-state index contributed by atoms with van der Waals surface area (Å²) in [6, 6.07) is -0.0420. The van der Waals surface area contributed by atoms with Crippen molar-refractivity contribution in [2.45, 2.75) is 57.2 Å². The van der Waals surface area contributed by atoms with Crippen LogP contribution in [0.25, 0.3) is 0 Å². The number of rotatable bonds is 3. The van der Waals surface area contributed by atoms with Crippen LogP contribution in [0.5, 0.6) is 0 Å². The van der Waals surface area contributed by atoms with E-state index in [0.717, 1.165) is 30.6 Å². The van der Waals surface area contributed by atoms with Crippen LogP contribution in [0.2, 0.25) is 4.47 Å². The van der Waals surface area contributed by atoms with Gasteiger partial charge in [-0.3, -0.25) is 0 Å². The molecule has 1 saturated carbocycles. The Morgan fingerprint density at radius 2 is 1.85 bits per heavy atom. The van der Waals surface area contributed by atoms with Crippen LogP contribution in [0, 0.1) is 10.8 Å². The molecule has 1 fully saturated rings. The Kier molecular flexibility index (Phi) is 4.24. The monoisotopic (exact) mass is 336 g/mol. The second kappa shape index (κ2) is 5.23. The van der Waals surface area contributed by atoms with Crippen molar-refractivity contribution in [3.05, 3.63) is 10.7 Å². The molecule has 20 heavy (non-hydrogen) atoms. The van der Waals surface area contributed by atoms with Crippen LogP contribution in [0.3, 0.4) is 0 Å². The molecule has 1 aromatic rings. The maximum Gasteiger partial charge on any atom is 0.251 e. The summed E-state index contributed by atoms with van der Waals surface area (Å²) in [6.45, 7) is 8.77. The van der Waals surface area contributed by atoms with Gasteiger partial charge in [0.25, 0.3) is 10.0 Å². The maximum atomic E-state index is 12.3. The number of nitrogens with zero attached hydrogens (tertiary/aromatic N) is 1. The predicted molar refractivity (Wildman–Crippen MR) is 82.6 cm³/mol. The molecule has 7 heteroatoms. The summed E-state index contributed by atoms with van der Waals surface area (Å²) in [6.07, 6.45) is 4.11. The minimum Gasteiger partial charge on any atom is -0.232 e. The lowest BCUT2D eigenvalue weighted by Gasteiger charge is -2.44. The van der Waals surface area contributed by atoms with E-state index in [4.69, 9.17) is 11.6 Å². The lowest BCUT2D eigenvalue weighted by molar-refractivity contribution is 0.0934. The van der Waals surface area contributed by atoms with E-state index in [0.29, 0.717) is 0 Å². The smallest absolute Gasteiger partial charge is 0.232 e. The molecule has 0 unspecified atom stereocenters. The average molecular weight is 337 g/mol. The third-order valence-electron chi connectivity index (χ3n) is 3.60. The van der Waals surface area contributed by atoms with Crippen LogP contribution < -0.4 is 4.72 Å². The molecule has 4 nitrogen and oxygen atoms in total. The van der Waals surface area contributed by atoms with Crippen LogP contribution >= 0.6 is 22.9 Å². The highest BCUT2D eigenvalue weighted by molar-refractivity contribution is 7.91. The summed E-state index contributed by atoms with van der Waals surface area (Å²) >= 11 is 6.70. The van der Waals surface area contributed by atoms with Gasteiger partial charge >= 0.3 is 0 Å². The summed E-state index contributed by atoms with van der Waals surface area (Å²) in [7, 11) is -3.52. The molecule has 0 radical (unpaired) electrons. The summed E-state index contributed by atoms with van der Waals surface area (Å²) in [5.41, 5.74) is 0.278. The fourth-order valence-electron chi connectivity index (χ4n) is 3.57. The number of nitrogens with one attached hydrogen (secondary N) is 1. The summed E-state index contributed by atoms with van der Waals surface area (Å²) in [5, 5.41) is 0. The molecule has 0 spiro atoms. The Labute approximate surface area is 130 Å². The van der Waals surface area contributed by atoms with Crippen molar-refractivity contribution in [3.63, 3.8) is 0 Å². The molecule has 0 bridgehead atoms. The predicted octanol–water partition coefficient (Wildman–Crippen LogP) is 3.68. The van der Waals surface area contributed by atoms with E-state index in [1.165, 1.54) is 6.20 Å². The van der Waals surface area contributed by atoms with Crippen molar-refractivity contribution in [2.24, 2.45) is 10.8 Å². The van der Waals surface area contributed by atoms with Crippen molar-refractivity contribution in [1.29, 1.82) is 0 Å². The van der Waals surface area contributed by atoms with Gasteiger partial charge in [0.1, 0.15) is 0 Å². The van der Waals surface area contributed by atoms with E-state index in [1.54, 1.807) is 0 Å². The van der Waals surface area contributed by atoms with Crippen molar-refractivity contribution in [2.75, 3.05) is 0 Å². The number of sulfonamides is 1. The number of halogens is 1. The van der Waals surface area contributed by atoms with Gasteiger partial charge < -0.3 is 0 Å². The van der Waals surface area contributed by atoms with E-state index in [9.17, 15) is 8.42 Å². The highest BCUT2D eigenvalue weighted by Crippen LogP contribution is 2.46. The highest BCUT2D eigenvalue weighted by atomic mass is 35.5. The van der Waals surface area contributed by atoms with Crippen molar-refractivity contribution in [3.8, 4) is 0 Å². The molecule has 1 aliphatic rings. The zero-order valence-electron chi connectivity index (χ0n) is 12.2. The Bertz CT molecular complexity index is 577. The molecule has 0 atom stereocenters. The first-order valence-corrected chi connectivity index (χ1v) is 9.31. The van der Waals surface area contributed by atoms with Crippen LogP contribution in [0.15, 0.2) is 10.4 Å². The van der Waals surface area contributed by atoms with Gasteiger partial charge in [0.05, 0.1) is 6.20 Å². The molecular weight excluding hydrogens is 316 g/mol. The van der Waals surface area contributed by atoms with E-state index < -0.39 is 10.0 Å². The fraction of sp³-hybridized carbons (Fsp3) is 0.769. The van der Waals surface area contributed by atoms with E-state index in [-0.39, 0.29) is 25.5 Å². The van der Waals surface area contributed by atoms with Crippen LogP contribution in [0.4, 0.5) is 0 Å². The molecule has 0 saturated heterocycles. The molecule has 0 amide bonds. The lowest BCUT2D eigenvalue weighted by Crippen LogP contribution is -2.45. The first-order valence-electron chi connectivity index (χ1n) is 6.63. The first kappa shape index (κ1) is 16.2. The zero-order valence-corrected chi connectivity index (χ0v) is 14.6. The molecule has 0 aliphatic heterocycles. The van der Waals surface area contributed by atoms with Gasteiger partial charge in [-0.2, -0.15) is 0 Å². The SMILES string of the molecule is CC1(C)CC(NS(=O)(=O)c2cnc(Cl)s2)CC(C)(C)C1. The van der Waals surface area contributed by atoms with Gasteiger partial charge in [0.2, 0.25) is 0 Å².